The Morgan fingerprint density at radius 3 is 1.60 bits per heavy atom. The maximum Gasteiger partial charge on any atom is 0.309 e. The van der Waals surface area contributed by atoms with E-state index in [9.17, 15) is 9.59 Å². The molecule has 0 aromatic carbocycles. The van der Waals surface area contributed by atoms with Crippen LogP contribution in [0.4, 0.5) is 0 Å². The van der Waals surface area contributed by atoms with Gasteiger partial charge in [-0.15, -0.1) is 0 Å². The zero-order chi connectivity index (χ0) is 18.4. The van der Waals surface area contributed by atoms with Gasteiger partial charge in [0.25, 0.3) is 0 Å². The number of ether oxygens (including phenoxy) is 2. The first kappa shape index (κ1) is 20.2. The number of esters is 2. The number of rotatable bonds is 5. The summed E-state index contributed by atoms with van der Waals surface area (Å²) in [6.45, 7) is 11.7. The fourth-order valence-electron chi connectivity index (χ4n) is 3.62. The van der Waals surface area contributed by atoms with E-state index in [1.165, 1.54) is 7.11 Å². The Morgan fingerprint density at radius 2 is 1.24 bits per heavy atom. The summed E-state index contributed by atoms with van der Waals surface area (Å²) in [6.07, 6.45) is 3.57. The Balaban J connectivity index is 1.63. The fourth-order valence-corrected chi connectivity index (χ4v) is 3.62. The van der Waals surface area contributed by atoms with Crippen molar-refractivity contribution in [3.63, 3.8) is 0 Å². The zero-order valence-electron chi connectivity index (χ0n) is 16.3. The molecule has 0 aromatic rings. The molecule has 0 aromatic heterocycles. The molecule has 0 aliphatic carbocycles. The smallest absolute Gasteiger partial charge is 0.309 e. The lowest BCUT2D eigenvalue weighted by Gasteiger charge is -2.35. The maximum absolute atomic E-state index is 12.1. The first-order chi connectivity index (χ1) is 11.8. The van der Waals surface area contributed by atoms with Gasteiger partial charge in [0, 0.05) is 13.1 Å². The zero-order valence-corrected chi connectivity index (χ0v) is 16.3. The van der Waals surface area contributed by atoms with E-state index in [4.69, 9.17) is 9.47 Å². The molecule has 6 heteroatoms. The molecule has 0 N–H and O–H groups in total. The third-order valence-corrected chi connectivity index (χ3v) is 5.18. The highest BCUT2D eigenvalue weighted by Gasteiger charge is 2.30. The van der Waals surface area contributed by atoms with Crippen molar-refractivity contribution in [2.45, 2.75) is 52.1 Å². The molecule has 0 atom stereocenters. The van der Waals surface area contributed by atoms with Crippen molar-refractivity contribution < 1.29 is 19.1 Å². The van der Waals surface area contributed by atoms with Crippen LogP contribution < -0.4 is 0 Å². The minimum atomic E-state index is -0.398. The minimum Gasteiger partial charge on any atom is -0.469 e. The molecular weight excluding hydrogens is 320 g/mol. The van der Waals surface area contributed by atoms with Gasteiger partial charge >= 0.3 is 11.9 Å². The van der Waals surface area contributed by atoms with Crippen LogP contribution in [0, 0.1) is 11.8 Å². The van der Waals surface area contributed by atoms with Gasteiger partial charge in [0.1, 0.15) is 5.60 Å². The molecule has 0 saturated carbocycles. The highest BCUT2D eigenvalue weighted by atomic mass is 16.6. The summed E-state index contributed by atoms with van der Waals surface area (Å²) in [4.78, 5) is 28.6. The second-order valence-electron chi connectivity index (χ2n) is 8.29. The molecule has 6 nitrogen and oxygen atoms in total. The average molecular weight is 354 g/mol. The Kier molecular flexibility index (Phi) is 7.25. The average Bonchev–Trinajstić information content (AvgIpc) is 2.58. The molecule has 25 heavy (non-hydrogen) atoms. The van der Waals surface area contributed by atoms with Crippen LogP contribution in [0.2, 0.25) is 0 Å². The number of nitrogens with zero attached hydrogens (tertiary/aromatic N) is 2. The van der Waals surface area contributed by atoms with Gasteiger partial charge in [-0.25, -0.2) is 0 Å². The molecule has 2 rings (SSSR count). The SMILES string of the molecule is COC(=O)C1CCN(CCN2CCC(C(=O)OC(C)(C)C)CC2)CC1. The lowest BCUT2D eigenvalue weighted by Crippen LogP contribution is -2.44. The van der Waals surface area contributed by atoms with Crippen molar-refractivity contribution in [2.75, 3.05) is 46.4 Å². The van der Waals surface area contributed by atoms with Crippen LogP contribution in [-0.4, -0.2) is 73.7 Å². The summed E-state index contributed by atoms with van der Waals surface area (Å²) in [6, 6.07) is 0. The molecule has 2 aliphatic rings. The minimum absolute atomic E-state index is 0.0444. The molecule has 144 valence electrons. The van der Waals surface area contributed by atoms with E-state index < -0.39 is 5.60 Å². The van der Waals surface area contributed by atoms with E-state index in [-0.39, 0.29) is 23.8 Å². The number of hydrogen-bond acceptors (Lipinski definition) is 6. The summed E-state index contributed by atoms with van der Waals surface area (Å²) < 4.78 is 10.3. The molecule has 2 aliphatic heterocycles. The van der Waals surface area contributed by atoms with E-state index in [1.807, 2.05) is 20.8 Å². The van der Waals surface area contributed by atoms with Gasteiger partial charge < -0.3 is 19.3 Å². The normalized spacial score (nSPS) is 21.9. The van der Waals surface area contributed by atoms with Crippen molar-refractivity contribution in [3.05, 3.63) is 0 Å². The molecule has 2 fully saturated rings. The second-order valence-corrected chi connectivity index (χ2v) is 8.29. The molecule has 0 radical (unpaired) electrons. The van der Waals surface area contributed by atoms with E-state index >= 15 is 0 Å². The third kappa shape index (κ3) is 6.59. The number of hydrogen-bond donors (Lipinski definition) is 0. The molecular formula is C19H34N2O4. The quantitative estimate of drug-likeness (QED) is 0.703. The van der Waals surface area contributed by atoms with E-state index in [0.29, 0.717) is 0 Å². The Morgan fingerprint density at radius 1 is 0.840 bits per heavy atom. The largest absolute Gasteiger partial charge is 0.469 e. The highest BCUT2D eigenvalue weighted by molar-refractivity contribution is 5.73. The second kappa shape index (κ2) is 8.99. The van der Waals surface area contributed by atoms with Crippen LogP contribution in [0.25, 0.3) is 0 Å². The Bertz CT molecular complexity index is 445. The van der Waals surface area contributed by atoms with Crippen LogP contribution in [0.3, 0.4) is 0 Å². The first-order valence-corrected chi connectivity index (χ1v) is 9.54. The topological polar surface area (TPSA) is 59.1 Å². The van der Waals surface area contributed by atoms with Crippen LogP contribution in [0.5, 0.6) is 0 Å². The van der Waals surface area contributed by atoms with Crippen molar-refractivity contribution >= 4 is 11.9 Å². The van der Waals surface area contributed by atoms with Crippen LogP contribution in [-0.2, 0) is 19.1 Å². The van der Waals surface area contributed by atoms with Crippen LogP contribution >= 0.6 is 0 Å². The molecule has 0 unspecified atom stereocenters. The maximum atomic E-state index is 12.1. The summed E-state index contributed by atoms with van der Waals surface area (Å²) in [5, 5.41) is 0. The molecule has 0 amide bonds. The predicted molar refractivity (Wildman–Crippen MR) is 96.2 cm³/mol. The molecule has 2 saturated heterocycles. The standard InChI is InChI=1S/C19H34N2O4/c1-19(2,3)25-18(23)16-7-11-21(12-8-16)14-13-20-9-5-15(6-10-20)17(22)24-4/h15-16H,5-14H2,1-4H3. The fraction of sp³-hybridized carbons (Fsp3) is 0.895. The number of likely N-dealkylation sites (tertiary alicyclic amines) is 2. The lowest BCUT2D eigenvalue weighted by atomic mass is 9.96. The summed E-state index contributed by atoms with van der Waals surface area (Å²) in [7, 11) is 1.47. The Hall–Kier alpha value is -1.14. The van der Waals surface area contributed by atoms with Gasteiger partial charge in [-0.3, -0.25) is 9.59 Å². The van der Waals surface area contributed by atoms with Gasteiger partial charge in [-0.2, -0.15) is 0 Å². The Labute approximate surface area is 151 Å². The number of carbonyl (C=O) groups is 2. The first-order valence-electron chi connectivity index (χ1n) is 9.54. The molecule has 2 heterocycles. The van der Waals surface area contributed by atoms with Gasteiger partial charge in [-0.05, 0) is 72.6 Å². The summed E-state index contributed by atoms with van der Waals surface area (Å²) >= 11 is 0. The van der Waals surface area contributed by atoms with Crippen molar-refractivity contribution in [1.29, 1.82) is 0 Å². The number of piperidine rings is 2. The van der Waals surface area contributed by atoms with Crippen molar-refractivity contribution in [2.24, 2.45) is 11.8 Å². The summed E-state index contributed by atoms with van der Waals surface area (Å²) in [5.74, 6) is 0.0120. The van der Waals surface area contributed by atoms with E-state index in [1.54, 1.807) is 0 Å². The number of carbonyl (C=O) groups excluding carboxylic acids is 2. The molecule has 0 spiro atoms. The highest BCUT2D eigenvalue weighted by Crippen LogP contribution is 2.22. The van der Waals surface area contributed by atoms with E-state index in [2.05, 4.69) is 9.80 Å². The predicted octanol–water partition coefficient (Wildman–Crippen LogP) is 1.93. The third-order valence-electron chi connectivity index (χ3n) is 5.18. The van der Waals surface area contributed by atoms with Gasteiger partial charge in [0.05, 0.1) is 18.9 Å². The van der Waals surface area contributed by atoms with Gasteiger partial charge in [-0.1, -0.05) is 0 Å². The van der Waals surface area contributed by atoms with Crippen molar-refractivity contribution in [1.82, 2.24) is 9.80 Å². The lowest BCUT2D eigenvalue weighted by molar-refractivity contribution is -0.161. The van der Waals surface area contributed by atoms with Crippen molar-refractivity contribution in [3.8, 4) is 0 Å². The monoisotopic (exact) mass is 354 g/mol. The van der Waals surface area contributed by atoms with Gasteiger partial charge in [0.15, 0.2) is 0 Å². The summed E-state index contributed by atoms with van der Waals surface area (Å²) in [5.41, 5.74) is -0.398. The van der Waals surface area contributed by atoms with Gasteiger partial charge in [0.2, 0.25) is 0 Å². The van der Waals surface area contributed by atoms with Crippen LogP contribution in [0.15, 0.2) is 0 Å². The van der Waals surface area contributed by atoms with Crippen LogP contribution in [0.1, 0.15) is 46.5 Å². The van der Waals surface area contributed by atoms with E-state index in [0.717, 1.165) is 65.0 Å². The number of methoxy groups -OCH3 is 1. The molecule has 0 bridgehead atoms.